The molecule has 0 atom stereocenters. The van der Waals surface area contributed by atoms with Crippen molar-refractivity contribution in [1.29, 1.82) is 0 Å². The fraction of sp³-hybridized carbons (Fsp3) is 1.00. The molecule has 0 N–H and O–H groups in total. The van der Waals surface area contributed by atoms with E-state index in [1.165, 1.54) is 12.8 Å². The van der Waals surface area contributed by atoms with Crippen LogP contribution < -0.4 is 0 Å². The fourth-order valence-electron chi connectivity index (χ4n) is 0.577. The van der Waals surface area contributed by atoms with Crippen molar-refractivity contribution in [2.24, 2.45) is 5.92 Å². The lowest BCUT2D eigenvalue weighted by Gasteiger charge is -1.95. The zero-order valence-electron chi connectivity index (χ0n) is 6.70. The van der Waals surface area contributed by atoms with Crippen molar-refractivity contribution in [2.75, 3.05) is 0 Å². The molecule has 0 amide bonds. The summed E-state index contributed by atoms with van der Waals surface area (Å²) < 4.78 is 0. The molecule has 0 heterocycles. The van der Waals surface area contributed by atoms with Crippen LogP contribution in [-0.2, 0) is 0 Å². The predicted octanol–water partition coefficient (Wildman–Crippen LogP) is 3.86. The van der Waals surface area contributed by atoms with E-state index in [0.29, 0.717) is 0 Å². The van der Waals surface area contributed by atoms with Gasteiger partial charge in [-0.25, -0.2) is 0 Å². The maximum Gasteiger partial charge on any atom is 0.326 e. The van der Waals surface area contributed by atoms with Crippen LogP contribution in [0.15, 0.2) is 0 Å². The lowest BCUT2D eigenvalue weighted by Crippen LogP contribution is -1.81. The first-order valence-corrected chi connectivity index (χ1v) is 8.66. The Morgan fingerprint density at radius 1 is 1.20 bits per heavy atom. The molecule has 4 heteroatoms. The van der Waals surface area contributed by atoms with Gasteiger partial charge in [0.1, 0.15) is 0 Å². The summed E-state index contributed by atoms with van der Waals surface area (Å²) >= 11 is 14.8. The van der Waals surface area contributed by atoms with Crippen molar-refractivity contribution >= 4 is 40.0 Å². The van der Waals surface area contributed by atoms with Crippen LogP contribution in [0.3, 0.4) is 0 Å². The van der Waals surface area contributed by atoms with Crippen molar-refractivity contribution in [1.82, 2.24) is 0 Å². The van der Waals surface area contributed by atoms with Crippen molar-refractivity contribution < 1.29 is 0 Å². The van der Waals surface area contributed by atoms with E-state index >= 15 is 0 Å². The van der Waals surface area contributed by atoms with Crippen LogP contribution in [-0.4, -0.2) is 6.73 Å². The van der Waals surface area contributed by atoms with Crippen molar-refractivity contribution in [2.45, 2.75) is 33.6 Å². The van der Waals surface area contributed by atoms with Crippen LogP contribution in [0.5, 0.6) is 0 Å². The molecule has 0 radical (unpaired) electrons. The second-order valence-electron chi connectivity index (χ2n) is 2.43. The van der Waals surface area contributed by atoms with E-state index in [0.717, 1.165) is 5.92 Å². The Kier molecular flexibility index (Phi) is 13.8. The van der Waals surface area contributed by atoms with Gasteiger partial charge in [0.05, 0.1) is 0 Å². The van der Waals surface area contributed by atoms with Crippen LogP contribution in [0.4, 0.5) is 0 Å². The molecular formula is C6H15Cl3Si. The minimum Gasteiger partial charge on any atom is -0.130 e. The predicted molar refractivity (Wildman–Crippen MR) is 54.5 cm³/mol. The zero-order chi connectivity index (χ0) is 8.57. The molecule has 0 aliphatic heterocycles. The average molecular weight is 222 g/mol. The molecule has 10 heavy (non-hydrogen) atoms. The van der Waals surface area contributed by atoms with E-state index < -0.39 is 6.73 Å². The molecule has 0 bridgehead atoms. The van der Waals surface area contributed by atoms with E-state index in [-0.39, 0.29) is 0 Å². The van der Waals surface area contributed by atoms with Crippen LogP contribution in [0.1, 0.15) is 33.6 Å². The van der Waals surface area contributed by atoms with Gasteiger partial charge in [0.25, 0.3) is 0 Å². The van der Waals surface area contributed by atoms with Crippen LogP contribution in [0, 0.1) is 5.92 Å². The zero-order valence-corrected chi connectivity index (χ0v) is 10.1. The summed E-state index contributed by atoms with van der Waals surface area (Å²) in [6.45, 7) is 5.01. The Bertz CT molecular complexity index is 54.2. The summed E-state index contributed by atoms with van der Waals surface area (Å²) in [7, 11) is 0. The Balaban J connectivity index is 0. The summed E-state index contributed by atoms with van der Waals surface area (Å²) in [5.41, 5.74) is 0. The second kappa shape index (κ2) is 10.1. The molecule has 0 saturated heterocycles. The summed E-state index contributed by atoms with van der Waals surface area (Å²) in [4.78, 5) is 0. The lowest BCUT2D eigenvalue weighted by atomic mass is 10.1. The van der Waals surface area contributed by atoms with Gasteiger partial charge in [-0.3, -0.25) is 0 Å². The first-order chi connectivity index (χ1) is 4.50. The molecule has 0 aromatic heterocycles. The van der Waals surface area contributed by atoms with E-state index in [2.05, 4.69) is 20.8 Å². The van der Waals surface area contributed by atoms with Crippen molar-refractivity contribution in [3.8, 4) is 0 Å². The summed E-state index contributed by atoms with van der Waals surface area (Å²) in [5, 5.41) is 0. The standard InChI is InChI=1S/C6H14.Cl3HSi/c1-4-5-6(2)3;1-4(2)3/h6H,4-5H2,1-3H3;4H. The highest BCUT2D eigenvalue weighted by Gasteiger charge is 1.85. The Hall–Kier alpha value is 1.09. The molecule has 0 aromatic carbocycles. The van der Waals surface area contributed by atoms with Gasteiger partial charge in [-0.1, -0.05) is 33.6 Å². The average Bonchev–Trinajstić information content (AvgIpc) is 1.62. The van der Waals surface area contributed by atoms with E-state index in [1.807, 2.05) is 0 Å². The van der Waals surface area contributed by atoms with Crippen LogP contribution in [0.25, 0.3) is 0 Å². The fourth-order valence-corrected chi connectivity index (χ4v) is 0.577. The third-order valence-corrected chi connectivity index (χ3v) is 0.866. The smallest absolute Gasteiger partial charge is 0.130 e. The van der Waals surface area contributed by atoms with Crippen LogP contribution in [0.2, 0.25) is 0 Å². The normalized spacial score (nSPS) is 9.60. The number of halogens is 3. The SMILES string of the molecule is CCCC(C)C.Cl[SiH](Cl)Cl. The molecule has 0 aliphatic carbocycles. The topological polar surface area (TPSA) is 0 Å². The molecule has 64 valence electrons. The van der Waals surface area contributed by atoms with Gasteiger partial charge in [-0.05, 0) is 5.92 Å². The van der Waals surface area contributed by atoms with Crippen molar-refractivity contribution in [3.05, 3.63) is 0 Å². The van der Waals surface area contributed by atoms with Gasteiger partial charge in [0, 0.05) is 0 Å². The lowest BCUT2D eigenvalue weighted by molar-refractivity contribution is 0.576. The molecule has 0 unspecified atom stereocenters. The molecule has 0 rings (SSSR count). The summed E-state index contributed by atoms with van der Waals surface area (Å²) in [5.74, 6) is 0.898. The Morgan fingerprint density at radius 3 is 1.50 bits per heavy atom. The summed E-state index contributed by atoms with van der Waals surface area (Å²) in [6.07, 6.45) is 2.71. The quantitative estimate of drug-likeness (QED) is 0.491. The third kappa shape index (κ3) is 35.6. The highest BCUT2D eigenvalue weighted by atomic mass is 35.8. The Labute approximate surface area is 79.6 Å². The molecule has 0 nitrogen and oxygen atoms in total. The second-order valence-corrected chi connectivity index (χ2v) is 8.86. The van der Waals surface area contributed by atoms with Gasteiger partial charge < -0.3 is 0 Å². The van der Waals surface area contributed by atoms with Gasteiger partial charge in [-0.2, -0.15) is 0 Å². The van der Waals surface area contributed by atoms with E-state index in [9.17, 15) is 0 Å². The first-order valence-electron chi connectivity index (χ1n) is 3.42. The maximum atomic E-state index is 4.94. The van der Waals surface area contributed by atoms with Gasteiger partial charge in [-0.15, -0.1) is 33.2 Å². The largest absolute Gasteiger partial charge is 0.326 e. The molecule has 0 fully saturated rings. The van der Waals surface area contributed by atoms with Gasteiger partial charge in [0.15, 0.2) is 0 Å². The molecular weight excluding hydrogens is 207 g/mol. The highest BCUT2D eigenvalue weighted by molar-refractivity contribution is 7.54. The van der Waals surface area contributed by atoms with Crippen molar-refractivity contribution in [3.63, 3.8) is 0 Å². The molecule has 0 saturated carbocycles. The molecule has 0 spiro atoms. The molecule has 0 aliphatic rings. The number of hydrogen-bond donors (Lipinski definition) is 0. The van der Waals surface area contributed by atoms with Gasteiger partial charge >= 0.3 is 6.73 Å². The first kappa shape index (κ1) is 13.7. The van der Waals surface area contributed by atoms with E-state index in [1.54, 1.807) is 0 Å². The minimum atomic E-state index is -1.72. The number of hydrogen-bond acceptors (Lipinski definition) is 0. The third-order valence-electron chi connectivity index (χ3n) is 0.866. The summed E-state index contributed by atoms with van der Waals surface area (Å²) in [6, 6.07) is 0. The monoisotopic (exact) mass is 220 g/mol. The minimum absolute atomic E-state index is 0.898. The highest BCUT2D eigenvalue weighted by Crippen LogP contribution is 2.00. The van der Waals surface area contributed by atoms with Gasteiger partial charge in [0.2, 0.25) is 0 Å². The Morgan fingerprint density at radius 2 is 1.50 bits per heavy atom. The van der Waals surface area contributed by atoms with E-state index in [4.69, 9.17) is 33.2 Å². The van der Waals surface area contributed by atoms with Crippen LogP contribution >= 0.6 is 33.2 Å². The number of rotatable bonds is 2. The maximum absolute atomic E-state index is 4.94. The molecule has 0 aromatic rings.